The first kappa shape index (κ1) is 11.8. The van der Waals surface area contributed by atoms with Gasteiger partial charge in [0.25, 0.3) is 0 Å². The highest BCUT2D eigenvalue weighted by atomic mass is 19.1. The lowest BCUT2D eigenvalue weighted by atomic mass is 9.98. The average Bonchev–Trinajstić information content (AvgIpc) is 2.29. The van der Waals surface area contributed by atoms with Crippen LogP contribution in [0.3, 0.4) is 0 Å². The second-order valence-corrected chi connectivity index (χ2v) is 4.35. The quantitative estimate of drug-likeness (QED) is 0.858. The van der Waals surface area contributed by atoms with Crippen LogP contribution in [0.5, 0.6) is 0 Å². The zero-order chi connectivity index (χ0) is 12.3. The Kier molecular flexibility index (Phi) is 3.55. The number of hydrogen-bond acceptors (Lipinski definition) is 1. The molecule has 0 saturated heterocycles. The molecule has 0 bridgehead atoms. The first-order chi connectivity index (χ1) is 8.15. The number of benzene rings is 2. The second kappa shape index (κ2) is 5.11. The van der Waals surface area contributed by atoms with Crippen LogP contribution in [0, 0.1) is 12.7 Å². The highest BCUT2D eigenvalue weighted by Gasteiger charge is 2.07. The van der Waals surface area contributed by atoms with Gasteiger partial charge in [0.1, 0.15) is 5.82 Å². The SMILES string of the molecule is Cc1cccc([C@H](N)Cc2cccc(F)c2)c1. The maximum atomic E-state index is 13.0. The van der Waals surface area contributed by atoms with Crippen molar-refractivity contribution >= 4 is 0 Å². The van der Waals surface area contributed by atoms with Crippen molar-refractivity contribution in [1.29, 1.82) is 0 Å². The van der Waals surface area contributed by atoms with E-state index in [0.717, 1.165) is 11.1 Å². The third kappa shape index (κ3) is 3.14. The van der Waals surface area contributed by atoms with Gasteiger partial charge in [0, 0.05) is 6.04 Å². The number of aryl methyl sites for hydroxylation is 1. The van der Waals surface area contributed by atoms with Crippen LogP contribution < -0.4 is 5.73 Å². The van der Waals surface area contributed by atoms with Crippen LogP contribution >= 0.6 is 0 Å². The van der Waals surface area contributed by atoms with E-state index in [-0.39, 0.29) is 11.9 Å². The summed E-state index contributed by atoms with van der Waals surface area (Å²) in [4.78, 5) is 0. The maximum absolute atomic E-state index is 13.0. The molecule has 2 heteroatoms. The van der Waals surface area contributed by atoms with Gasteiger partial charge in [0.05, 0.1) is 0 Å². The molecule has 0 radical (unpaired) electrons. The topological polar surface area (TPSA) is 26.0 Å². The lowest BCUT2D eigenvalue weighted by molar-refractivity contribution is 0.622. The molecule has 0 aliphatic carbocycles. The minimum absolute atomic E-state index is 0.0864. The number of halogens is 1. The molecule has 2 aromatic carbocycles. The third-order valence-electron chi connectivity index (χ3n) is 2.81. The Bertz CT molecular complexity index is 508. The summed E-state index contributed by atoms with van der Waals surface area (Å²) in [7, 11) is 0. The van der Waals surface area contributed by atoms with Gasteiger partial charge in [-0.3, -0.25) is 0 Å². The Labute approximate surface area is 101 Å². The summed E-state index contributed by atoms with van der Waals surface area (Å²) < 4.78 is 13.0. The first-order valence-corrected chi connectivity index (χ1v) is 5.72. The van der Waals surface area contributed by atoms with Crippen LogP contribution in [0.15, 0.2) is 48.5 Å². The molecular formula is C15H16FN. The highest BCUT2D eigenvalue weighted by Crippen LogP contribution is 2.17. The molecule has 0 aromatic heterocycles. The third-order valence-corrected chi connectivity index (χ3v) is 2.81. The summed E-state index contributed by atoms with van der Waals surface area (Å²) in [5.41, 5.74) is 9.34. The molecule has 0 unspecified atom stereocenters. The smallest absolute Gasteiger partial charge is 0.123 e. The summed E-state index contributed by atoms with van der Waals surface area (Å²) in [6, 6.07) is 14.6. The van der Waals surface area contributed by atoms with Gasteiger partial charge < -0.3 is 5.73 Å². The van der Waals surface area contributed by atoms with Gasteiger partial charge in [-0.2, -0.15) is 0 Å². The van der Waals surface area contributed by atoms with Crippen molar-refractivity contribution in [2.75, 3.05) is 0 Å². The first-order valence-electron chi connectivity index (χ1n) is 5.72. The molecule has 0 aliphatic rings. The largest absolute Gasteiger partial charge is 0.324 e. The lowest BCUT2D eigenvalue weighted by Gasteiger charge is -2.12. The average molecular weight is 229 g/mol. The summed E-state index contributed by atoms with van der Waals surface area (Å²) in [6.45, 7) is 2.04. The van der Waals surface area contributed by atoms with Gasteiger partial charge in [0.15, 0.2) is 0 Å². The molecule has 2 rings (SSSR count). The molecule has 17 heavy (non-hydrogen) atoms. The van der Waals surface area contributed by atoms with Gasteiger partial charge >= 0.3 is 0 Å². The monoisotopic (exact) mass is 229 g/mol. The standard InChI is InChI=1S/C15H16FN/c1-11-4-2-6-13(8-11)15(17)10-12-5-3-7-14(16)9-12/h2-9,15H,10,17H2,1H3/t15-/m1/s1. The molecule has 2 aromatic rings. The van der Waals surface area contributed by atoms with Crippen LogP contribution in [0.1, 0.15) is 22.7 Å². The van der Waals surface area contributed by atoms with Gasteiger partial charge in [-0.1, -0.05) is 42.0 Å². The summed E-state index contributed by atoms with van der Waals surface area (Å²) in [5.74, 6) is -0.209. The van der Waals surface area contributed by atoms with E-state index in [1.807, 2.05) is 31.2 Å². The second-order valence-electron chi connectivity index (χ2n) is 4.35. The van der Waals surface area contributed by atoms with E-state index in [1.54, 1.807) is 6.07 Å². The van der Waals surface area contributed by atoms with E-state index in [0.29, 0.717) is 6.42 Å². The maximum Gasteiger partial charge on any atom is 0.123 e. The molecule has 0 spiro atoms. The van der Waals surface area contributed by atoms with Crippen LogP contribution in [0.4, 0.5) is 4.39 Å². The van der Waals surface area contributed by atoms with E-state index in [4.69, 9.17) is 5.73 Å². The van der Waals surface area contributed by atoms with Crippen molar-refractivity contribution in [2.45, 2.75) is 19.4 Å². The fourth-order valence-corrected chi connectivity index (χ4v) is 1.94. The zero-order valence-electron chi connectivity index (χ0n) is 9.86. The highest BCUT2D eigenvalue weighted by molar-refractivity contribution is 5.27. The van der Waals surface area contributed by atoms with Crippen molar-refractivity contribution in [3.8, 4) is 0 Å². The number of hydrogen-bond donors (Lipinski definition) is 1. The van der Waals surface area contributed by atoms with Crippen LogP contribution in [0.2, 0.25) is 0 Å². The van der Waals surface area contributed by atoms with E-state index < -0.39 is 0 Å². The summed E-state index contributed by atoms with van der Waals surface area (Å²) in [5, 5.41) is 0. The molecule has 1 nitrogen and oxygen atoms in total. The predicted octanol–water partition coefficient (Wildman–Crippen LogP) is 3.38. The van der Waals surface area contributed by atoms with E-state index in [1.165, 1.54) is 17.7 Å². The van der Waals surface area contributed by atoms with Crippen molar-refractivity contribution < 1.29 is 4.39 Å². The minimum Gasteiger partial charge on any atom is -0.324 e. The van der Waals surface area contributed by atoms with Gasteiger partial charge in [-0.15, -0.1) is 0 Å². The molecule has 0 amide bonds. The molecular weight excluding hydrogens is 213 g/mol. The minimum atomic E-state index is -0.209. The summed E-state index contributed by atoms with van der Waals surface area (Å²) in [6.07, 6.45) is 0.654. The molecule has 0 fully saturated rings. The van der Waals surface area contributed by atoms with Crippen LogP contribution in [-0.4, -0.2) is 0 Å². The van der Waals surface area contributed by atoms with Crippen LogP contribution in [0.25, 0.3) is 0 Å². The molecule has 0 heterocycles. The Morgan fingerprint density at radius 3 is 2.59 bits per heavy atom. The van der Waals surface area contributed by atoms with Crippen LogP contribution in [-0.2, 0) is 6.42 Å². The zero-order valence-corrected chi connectivity index (χ0v) is 9.86. The lowest BCUT2D eigenvalue weighted by Crippen LogP contribution is -2.13. The fraction of sp³-hybridized carbons (Fsp3) is 0.200. The van der Waals surface area contributed by atoms with Crippen molar-refractivity contribution in [1.82, 2.24) is 0 Å². The normalized spacial score (nSPS) is 12.4. The van der Waals surface area contributed by atoms with Crippen molar-refractivity contribution in [3.05, 3.63) is 71.0 Å². The van der Waals surface area contributed by atoms with Gasteiger partial charge in [-0.25, -0.2) is 4.39 Å². The number of nitrogens with two attached hydrogens (primary N) is 1. The van der Waals surface area contributed by atoms with E-state index in [2.05, 4.69) is 6.07 Å². The van der Waals surface area contributed by atoms with Crippen molar-refractivity contribution in [2.24, 2.45) is 5.73 Å². The fourth-order valence-electron chi connectivity index (χ4n) is 1.94. The number of rotatable bonds is 3. The van der Waals surface area contributed by atoms with E-state index in [9.17, 15) is 4.39 Å². The molecule has 88 valence electrons. The molecule has 1 atom stereocenters. The summed E-state index contributed by atoms with van der Waals surface area (Å²) >= 11 is 0. The molecule has 0 aliphatic heterocycles. The Morgan fingerprint density at radius 2 is 1.88 bits per heavy atom. The predicted molar refractivity (Wildman–Crippen MR) is 68.2 cm³/mol. The Morgan fingerprint density at radius 1 is 1.12 bits per heavy atom. The van der Waals surface area contributed by atoms with Gasteiger partial charge in [0.2, 0.25) is 0 Å². The molecule has 2 N–H and O–H groups in total. The molecule has 0 saturated carbocycles. The Hall–Kier alpha value is -1.67. The van der Waals surface area contributed by atoms with E-state index >= 15 is 0 Å². The Balaban J connectivity index is 2.14. The van der Waals surface area contributed by atoms with Crippen molar-refractivity contribution in [3.63, 3.8) is 0 Å². The van der Waals surface area contributed by atoms with Gasteiger partial charge in [-0.05, 0) is 36.6 Å².